The number of piperidine rings is 1. The van der Waals surface area contributed by atoms with Crippen LogP contribution in [0.3, 0.4) is 0 Å². The van der Waals surface area contributed by atoms with E-state index in [4.69, 9.17) is 4.98 Å². The molecule has 4 heterocycles. The normalized spacial score (nSPS) is 17.8. The molecule has 0 atom stereocenters. The molecular weight excluding hydrogens is 448 g/mol. The van der Waals surface area contributed by atoms with Gasteiger partial charge in [0.2, 0.25) is 5.95 Å². The van der Waals surface area contributed by atoms with E-state index >= 15 is 0 Å². The topological polar surface area (TPSA) is 123 Å². The minimum absolute atomic E-state index is 0.0398. The molecule has 2 aliphatic heterocycles. The highest BCUT2D eigenvalue weighted by molar-refractivity contribution is 5.88. The Balaban J connectivity index is 1.38. The molecule has 3 N–H and O–H groups in total. The SMILES string of the molecule is CN1CCN(C(=O)N2CCC(n3cnc4c(-c5cccc(O)c5)nc(NCCO)nc43)CC2)CC1. The van der Waals surface area contributed by atoms with Gasteiger partial charge in [0.05, 0.1) is 12.9 Å². The van der Waals surface area contributed by atoms with Gasteiger partial charge in [-0.25, -0.2) is 14.8 Å². The molecule has 3 aromatic rings. The number of aromatic nitrogens is 4. The first-order valence-corrected chi connectivity index (χ1v) is 12.1. The lowest BCUT2D eigenvalue weighted by atomic mass is 10.0. The van der Waals surface area contributed by atoms with Crippen LogP contribution < -0.4 is 5.32 Å². The smallest absolute Gasteiger partial charge is 0.320 e. The summed E-state index contributed by atoms with van der Waals surface area (Å²) in [6.07, 6.45) is 3.43. The van der Waals surface area contributed by atoms with Crippen molar-refractivity contribution in [2.45, 2.75) is 18.9 Å². The minimum Gasteiger partial charge on any atom is -0.508 e. The number of aromatic hydroxyl groups is 1. The predicted molar refractivity (Wildman–Crippen MR) is 132 cm³/mol. The Morgan fingerprint density at radius 3 is 2.54 bits per heavy atom. The number of phenols is 1. The lowest BCUT2D eigenvalue weighted by Gasteiger charge is -2.39. The van der Waals surface area contributed by atoms with E-state index in [1.165, 1.54) is 0 Å². The summed E-state index contributed by atoms with van der Waals surface area (Å²) in [5, 5.41) is 22.3. The standard InChI is InChI=1S/C24H32N8O3/c1-29-10-12-31(13-11-29)24(35)30-8-5-18(6-9-30)32-16-26-21-20(17-3-2-4-19(34)15-17)27-23(25-7-14-33)28-22(21)32/h2-4,15-16,18,33-34H,5-14H2,1H3,(H,25,27,28). The molecule has 2 saturated heterocycles. The van der Waals surface area contributed by atoms with Crippen molar-refractivity contribution in [3.63, 3.8) is 0 Å². The molecule has 186 valence electrons. The number of likely N-dealkylation sites (tertiary alicyclic amines) is 1. The first-order valence-electron chi connectivity index (χ1n) is 12.1. The molecule has 2 aromatic heterocycles. The maximum absolute atomic E-state index is 13.0. The van der Waals surface area contributed by atoms with Crippen molar-refractivity contribution in [3.8, 4) is 17.0 Å². The molecule has 2 fully saturated rings. The van der Waals surface area contributed by atoms with Gasteiger partial charge in [0.15, 0.2) is 5.65 Å². The summed E-state index contributed by atoms with van der Waals surface area (Å²) in [6, 6.07) is 7.20. The molecule has 0 radical (unpaired) electrons. The summed E-state index contributed by atoms with van der Waals surface area (Å²) >= 11 is 0. The Labute approximate surface area is 204 Å². The number of benzene rings is 1. The number of rotatable bonds is 5. The molecule has 2 aliphatic rings. The highest BCUT2D eigenvalue weighted by Gasteiger charge is 2.29. The number of hydrogen-bond donors (Lipinski definition) is 3. The number of amides is 2. The summed E-state index contributed by atoms with van der Waals surface area (Å²) in [7, 11) is 2.09. The Bertz CT molecular complexity index is 1180. The van der Waals surface area contributed by atoms with Crippen molar-refractivity contribution >= 4 is 23.1 Å². The van der Waals surface area contributed by atoms with Crippen LogP contribution in [0.4, 0.5) is 10.7 Å². The maximum atomic E-state index is 13.0. The molecule has 0 spiro atoms. The van der Waals surface area contributed by atoms with Crippen LogP contribution in [0.2, 0.25) is 0 Å². The van der Waals surface area contributed by atoms with E-state index in [9.17, 15) is 15.0 Å². The van der Waals surface area contributed by atoms with Crippen molar-refractivity contribution in [1.82, 2.24) is 34.2 Å². The molecule has 2 amide bonds. The number of carbonyl (C=O) groups excluding carboxylic acids is 1. The molecule has 11 heteroatoms. The fraction of sp³-hybridized carbons (Fsp3) is 0.500. The Kier molecular flexibility index (Phi) is 6.69. The predicted octanol–water partition coefficient (Wildman–Crippen LogP) is 1.61. The van der Waals surface area contributed by atoms with E-state index in [0.717, 1.165) is 44.6 Å². The minimum atomic E-state index is -0.0398. The zero-order valence-electron chi connectivity index (χ0n) is 20.0. The molecule has 0 aliphatic carbocycles. The van der Waals surface area contributed by atoms with E-state index in [1.54, 1.807) is 24.5 Å². The molecule has 0 unspecified atom stereocenters. The van der Waals surface area contributed by atoms with Crippen molar-refractivity contribution in [3.05, 3.63) is 30.6 Å². The van der Waals surface area contributed by atoms with Crippen molar-refractivity contribution in [2.75, 3.05) is 64.8 Å². The van der Waals surface area contributed by atoms with Gasteiger partial charge in [-0.2, -0.15) is 4.98 Å². The van der Waals surface area contributed by atoms with Gasteiger partial charge in [0.1, 0.15) is 17.0 Å². The second kappa shape index (κ2) is 10.0. The molecule has 11 nitrogen and oxygen atoms in total. The van der Waals surface area contributed by atoms with Crippen LogP contribution in [0.5, 0.6) is 5.75 Å². The number of likely N-dealkylation sites (N-methyl/N-ethyl adjacent to an activating group) is 1. The number of aliphatic hydroxyl groups excluding tert-OH is 1. The first kappa shape index (κ1) is 23.3. The van der Waals surface area contributed by atoms with Crippen LogP contribution in [0.15, 0.2) is 30.6 Å². The molecule has 1 aromatic carbocycles. The Morgan fingerprint density at radius 1 is 1.09 bits per heavy atom. The number of aliphatic hydroxyl groups is 1. The second-order valence-corrected chi connectivity index (χ2v) is 9.21. The van der Waals surface area contributed by atoms with Gasteiger partial charge in [-0.1, -0.05) is 12.1 Å². The average molecular weight is 481 g/mol. The number of imidazole rings is 1. The lowest BCUT2D eigenvalue weighted by Crippen LogP contribution is -2.53. The number of nitrogens with one attached hydrogen (secondary N) is 1. The third kappa shape index (κ3) is 4.87. The van der Waals surface area contributed by atoms with Gasteiger partial charge < -0.3 is 34.8 Å². The number of anilines is 1. The summed E-state index contributed by atoms with van der Waals surface area (Å²) < 4.78 is 2.07. The Hall–Kier alpha value is -3.44. The molecular formula is C24H32N8O3. The molecule has 0 bridgehead atoms. The van der Waals surface area contributed by atoms with E-state index in [2.05, 4.69) is 31.8 Å². The van der Waals surface area contributed by atoms with Crippen LogP contribution in [-0.2, 0) is 0 Å². The van der Waals surface area contributed by atoms with Crippen LogP contribution in [0.25, 0.3) is 22.4 Å². The fourth-order valence-electron chi connectivity index (χ4n) is 4.82. The average Bonchev–Trinajstić information content (AvgIpc) is 3.31. The van der Waals surface area contributed by atoms with E-state index in [-0.39, 0.29) is 24.4 Å². The number of piperazine rings is 1. The zero-order valence-corrected chi connectivity index (χ0v) is 20.0. The molecule has 0 saturated carbocycles. The summed E-state index contributed by atoms with van der Waals surface area (Å²) in [5.41, 5.74) is 2.71. The van der Waals surface area contributed by atoms with Gasteiger partial charge in [0, 0.05) is 57.4 Å². The quantitative estimate of drug-likeness (QED) is 0.503. The molecule has 35 heavy (non-hydrogen) atoms. The van der Waals surface area contributed by atoms with E-state index in [1.807, 2.05) is 15.9 Å². The monoisotopic (exact) mass is 480 g/mol. The van der Waals surface area contributed by atoms with Gasteiger partial charge >= 0.3 is 6.03 Å². The number of fused-ring (bicyclic) bond motifs is 1. The summed E-state index contributed by atoms with van der Waals surface area (Å²) in [5.74, 6) is 0.547. The number of nitrogens with zero attached hydrogens (tertiary/aromatic N) is 7. The largest absolute Gasteiger partial charge is 0.508 e. The van der Waals surface area contributed by atoms with Gasteiger partial charge in [-0.3, -0.25) is 0 Å². The second-order valence-electron chi connectivity index (χ2n) is 9.21. The summed E-state index contributed by atoms with van der Waals surface area (Å²) in [6.45, 7) is 5.05. The van der Waals surface area contributed by atoms with Crippen LogP contribution in [-0.4, -0.2) is 110 Å². The van der Waals surface area contributed by atoms with Crippen molar-refractivity contribution < 1.29 is 15.0 Å². The number of carbonyl (C=O) groups is 1. The van der Waals surface area contributed by atoms with Gasteiger partial charge in [-0.05, 0) is 32.0 Å². The highest BCUT2D eigenvalue weighted by atomic mass is 16.3. The third-order valence-corrected chi connectivity index (χ3v) is 6.84. The molecule has 5 rings (SSSR count). The van der Waals surface area contributed by atoms with Gasteiger partial charge in [-0.15, -0.1) is 0 Å². The van der Waals surface area contributed by atoms with Crippen LogP contribution >= 0.6 is 0 Å². The number of urea groups is 1. The lowest BCUT2D eigenvalue weighted by molar-refractivity contribution is 0.110. The fourth-order valence-corrected chi connectivity index (χ4v) is 4.82. The van der Waals surface area contributed by atoms with Crippen LogP contribution in [0, 0.1) is 0 Å². The number of phenolic OH excluding ortho intramolecular Hbond substituents is 1. The van der Waals surface area contributed by atoms with E-state index < -0.39 is 0 Å². The van der Waals surface area contributed by atoms with Crippen LogP contribution in [0.1, 0.15) is 18.9 Å². The zero-order chi connectivity index (χ0) is 24.4. The summed E-state index contributed by atoms with van der Waals surface area (Å²) in [4.78, 5) is 33.1. The first-order chi connectivity index (χ1) is 17.0. The number of hydrogen-bond acceptors (Lipinski definition) is 8. The van der Waals surface area contributed by atoms with Crippen molar-refractivity contribution in [1.29, 1.82) is 0 Å². The van der Waals surface area contributed by atoms with Gasteiger partial charge in [0.25, 0.3) is 0 Å². The third-order valence-electron chi connectivity index (χ3n) is 6.84. The van der Waals surface area contributed by atoms with E-state index in [0.29, 0.717) is 42.4 Å². The highest BCUT2D eigenvalue weighted by Crippen LogP contribution is 2.32. The van der Waals surface area contributed by atoms with Crippen molar-refractivity contribution in [2.24, 2.45) is 0 Å². The maximum Gasteiger partial charge on any atom is 0.320 e. The Morgan fingerprint density at radius 2 is 1.83 bits per heavy atom.